The van der Waals surface area contributed by atoms with E-state index in [2.05, 4.69) is 5.32 Å². The van der Waals surface area contributed by atoms with Crippen molar-refractivity contribution in [2.45, 2.75) is 6.92 Å². The molecule has 172 valence electrons. The van der Waals surface area contributed by atoms with Crippen molar-refractivity contribution in [3.8, 4) is 16.9 Å². The van der Waals surface area contributed by atoms with Gasteiger partial charge < -0.3 is 14.5 Å². The van der Waals surface area contributed by atoms with Crippen molar-refractivity contribution >= 4 is 57.0 Å². The van der Waals surface area contributed by atoms with Gasteiger partial charge in [-0.25, -0.2) is 0 Å². The van der Waals surface area contributed by atoms with Gasteiger partial charge in [-0.3, -0.25) is 14.9 Å². The van der Waals surface area contributed by atoms with Crippen LogP contribution in [-0.2, 0) is 4.79 Å². The van der Waals surface area contributed by atoms with E-state index in [0.717, 1.165) is 16.5 Å². The summed E-state index contributed by atoms with van der Waals surface area (Å²) in [5, 5.41) is 15.2. The number of halogens is 2. The fourth-order valence-corrected chi connectivity index (χ4v) is 3.88. The molecule has 34 heavy (non-hydrogen) atoms. The normalized spacial score (nSPS) is 11.5. The van der Waals surface area contributed by atoms with E-state index in [-0.39, 0.29) is 16.4 Å². The Morgan fingerprint density at radius 2 is 1.85 bits per heavy atom. The molecule has 0 spiro atoms. The molecule has 0 aliphatic carbocycles. The van der Waals surface area contributed by atoms with Gasteiger partial charge in [0.1, 0.15) is 16.4 Å². The molecule has 0 aliphatic heterocycles. The van der Waals surface area contributed by atoms with E-state index in [1.54, 1.807) is 31.4 Å². The molecule has 9 heteroatoms. The average molecular weight is 497 g/mol. The van der Waals surface area contributed by atoms with Crippen molar-refractivity contribution in [3.63, 3.8) is 0 Å². The Bertz CT molecular complexity index is 1440. The summed E-state index contributed by atoms with van der Waals surface area (Å²) in [6.45, 7) is 1.77. The van der Waals surface area contributed by atoms with E-state index >= 15 is 0 Å². The minimum Gasteiger partial charge on any atom is -0.496 e. The van der Waals surface area contributed by atoms with Gasteiger partial charge in [0.15, 0.2) is 0 Å². The van der Waals surface area contributed by atoms with Gasteiger partial charge >= 0.3 is 0 Å². The summed E-state index contributed by atoms with van der Waals surface area (Å²) < 4.78 is 11.3. The van der Waals surface area contributed by atoms with Crippen molar-refractivity contribution in [1.82, 2.24) is 0 Å². The third-order valence-electron chi connectivity index (χ3n) is 5.23. The molecule has 0 fully saturated rings. The zero-order chi connectivity index (χ0) is 24.4. The second-order valence-corrected chi connectivity index (χ2v) is 8.29. The zero-order valence-electron chi connectivity index (χ0n) is 18.1. The second kappa shape index (κ2) is 9.59. The molecule has 0 radical (unpaired) electrons. The molecule has 0 saturated carbocycles. The highest BCUT2D eigenvalue weighted by Gasteiger charge is 2.16. The number of rotatable bonds is 6. The maximum atomic E-state index is 12.6. The molecular weight excluding hydrogens is 479 g/mol. The van der Waals surface area contributed by atoms with Gasteiger partial charge in [-0.2, -0.15) is 0 Å². The largest absolute Gasteiger partial charge is 0.496 e. The Labute approximate surface area is 204 Å². The molecule has 1 aromatic heterocycles. The van der Waals surface area contributed by atoms with Crippen LogP contribution in [0, 0.1) is 10.1 Å². The number of benzene rings is 3. The Morgan fingerprint density at radius 3 is 2.53 bits per heavy atom. The molecule has 0 saturated heterocycles. The Balaban J connectivity index is 1.68. The summed E-state index contributed by atoms with van der Waals surface area (Å²) in [6.07, 6.45) is 3.06. The number of hydrogen-bond donors (Lipinski definition) is 1. The highest BCUT2D eigenvalue weighted by Crippen LogP contribution is 2.37. The first-order valence-corrected chi connectivity index (χ1v) is 10.8. The summed E-state index contributed by atoms with van der Waals surface area (Å²) in [4.78, 5) is 23.1. The van der Waals surface area contributed by atoms with Crippen LogP contribution >= 0.6 is 23.2 Å². The fraction of sp³-hybridized carbons (Fsp3) is 0.0800. The number of carbonyl (C=O) groups is 1. The van der Waals surface area contributed by atoms with Gasteiger partial charge in [-0.15, -0.1) is 0 Å². The number of ether oxygens (including phenoxy) is 1. The van der Waals surface area contributed by atoms with Gasteiger partial charge in [0.25, 0.3) is 5.69 Å². The Morgan fingerprint density at radius 1 is 1.12 bits per heavy atom. The monoisotopic (exact) mass is 496 g/mol. The topological polar surface area (TPSA) is 94.6 Å². The standard InChI is InChI=1S/C25H18Cl2N2O5/c1-14(9-25(30)28-17-7-8-21(27)22(10-17)29(31)32)18-11-19-20(15-3-5-16(26)6-4-15)13-34-24(19)12-23(18)33-2/h3-13H,1-2H3,(H,28,30)/b14-9+. The van der Waals surface area contributed by atoms with Gasteiger partial charge in [0, 0.05) is 45.4 Å². The van der Waals surface area contributed by atoms with E-state index in [9.17, 15) is 14.9 Å². The van der Waals surface area contributed by atoms with Gasteiger partial charge in [0.05, 0.1) is 18.3 Å². The number of anilines is 1. The van der Waals surface area contributed by atoms with Crippen LogP contribution in [0.15, 0.2) is 71.4 Å². The van der Waals surface area contributed by atoms with E-state index < -0.39 is 10.8 Å². The molecule has 0 aliphatic rings. The second-order valence-electron chi connectivity index (χ2n) is 7.44. The van der Waals surface area contributed by atoms with Crippen molar-refractivity contribution in [2.24, 2.45) is 0 Å². The molecule has 4 rings (SSSR count). The smallest absolute Gasteiger partial charge is 0.289 e. The fourth-order valence-electron chi connectivity index (χ4n) is 3.57. The molecule has 0 bridgehead atoms. The lowest BCUT2D eigenvalue weighted by Crippen LogP contribution is -2.09. The molecule has 1 heterocycles. The van der Waals surface area contributed by atoms with E-state index in [0.29, 0.717) is 27.5 Å². The molecule has 4 aromatic rings. The average Bonchev–Trinajstić information content (AvgIpc) is 3.22. The van der Waals surface area contributed by atoms with Crippen molar-refractivity contribution in [2.75, 3.05) is 12.4 Å². The summed E-state index contributed by atoms with van der Waals surface area (Å²) in [7, 11) is 1.54. The molecule has 7 nitrogen and oxygen atoms in total. The van der Waals surface area contributed by atoms with Crippen LogP contribution in [0.1, 0.15) is 12.5 Å². The van der Waals surface area contributed by atoms with E-state index in [1.165, 1.54) is 31.4 Å². The van der Waals surface area contributed by atoms with Crippen LogP contribution < -0.4 is 10.1 Å². The number of carbonyl (C=O) groups excluding carboxylic acids is 1. The number of nitro benzene ring substituents is 1. The van der Waals surface area contributed by atoms with E-state index in [4.69, 9.17) is 32.4 Å². The van der Waals surface area contributed by atoms with Crippen LogP contribution in [0.3, 0.4) is 0 Å². The van der Waals surface area contributed by atoms with Crippen molar-refractivity contribution in [1.29, 1.82) is 0 Å². The van der Waals surface area contributed by atoms with Crippen LogP contribution in [0.2, 0.25) is 10.0 Å². The minimum atomic E-state index is -0.609. The quantitative estimate of drug-likeness (QED) is 0.171. The number of nitrogens with zero attached hydrogens (tertiary/aromatic N) is 1. The van der Waals surface area contributed by atoms with Crippen LogP contribution in [0.25, 0.3) is 27.7 Å². The highest BCUT2D eigenvalue weighted by atomic mass is 35.5. The summed E-state index contributed by atoms with van der Waals surface area (Å²) in [5.41, 5.74) is 3.74. The molecule has 0 unspecified atom stereocenters. The molecule has 1 amide bonds. The lowest BCUT2D eigenvalue weighted by molar-refractivity contribution is -0.384. The van der Waals surface area contributed by atoms with Crippen LogP contribution in [0.4, 0.5) is 11.4 Å². The first-order chi connectivity index (χ1) is 16.3. The summed E-state index contributed by atoms with van der Waals surface area (Å²) >= 11 is 11.8. The SMILES string of the molecule is COc1cc2occ(-c3ccc(Cl)cc3)c2cc1/C(C)=C/C(=O)Nc1ccc(Cl)c([N+](=O)[O-])c1. The lowest BCUT2D eigenvalue weighted by atomic mass is 9.99. The summed E-state index contributed by atoms with van der Waals surface area (Å²) in [6, 6.07) is 15.1. The predicted molar refractivity (Wildman–Crippen MR) is 134 cm³/mol. The Hall–Kier alpha value is -3.81. The number of amides is 1. The number of nitro groups is 1. The van der Waals surface area contributed by atoms with Gasteiger partial charge in [0.2, 0.25) is 5.91 Å². The first kappa shape index (κ1) is 23.4. The molecular formula is C25H18Cl2N2O5. The summed E-state index contributed by atoms with van der Waals surface area (Å²) in [5.74, 6) is 0.0783. The number of methoxy groups -OCH3 is 1. The third kappa shape index (κ3) is 4.76. The number of hydrogen-bond acceptors (Lipinski definition) is 5. The van der Waals surface area contributed by atoms with Gasteiger partial charge in [-0.05, 0) is 48.4 Å². The highest BCUT2D eigenvalue weighted by molar-refractivity contribution is 6.32. The number of furan rings is 1. The minimum absolute atomic E-state index is 0.00985. The van der Waals surface area contributed by atoms with E-state index in [1.807, 2.05) is 18.2 Å². The van der Waals surface area contributed by atoms with Gasteiger partial charge in [-0.1, -0.05) is 35.3 Å². The zero-order valence-corrected chi connectivity index (χ0v) is 19.6. The predicted octanol–water partition coefficient (Wildman–Crippen LogP) is 7.37. The lowest BCUT2D eigenvalue weighted by Gasteiger charge is -2.10. The number of allylic oxidation sites excluding steroid dienone is 1. The third-order valence-corrected chi connectivity index (χ3v) is 5.81. The molecule has 1 N–H and O–H groups in total. The maximum Gasteiger partial charge on any atom is 0.289 e. The molecule has 0 atom stereocenters. The Kier molecular flexibility index (Phi) is 6.58. The maximum absolute atomic E-state index is 12.6. The molecule has 3 aromatic carbocycles. The number of fused-ring (bicyclic) bond motifs is 1. The first-order valence-electron chi connectivity index (χ1n) is 10.1. The van der Waals surface area contributed by atoms with Crippen LogP contribution in [0.5, 0.6) is 5.75 Å². The van der Waals surface area contributed by atoms with Crippen LogP contribution in [-0.4, -0.2) is 17.9 Å². The van der Waals surface area contributed by atoms with Crippen molar-refractivity contribution < 1.29 is 18.9 Å². The van der Waals surface area contributed by atoms with Crippen molar-refractivity contribution in [3.05, 3.63) is 92.7 Å². The number of nitrogens with one attached hydrogen (secondary N) is 1.